The van der Waals surface area contributed by atoms with Gasteiger partial charge in [0.25, 0.3) is 0 Å². The number of nitrogens with two attached hydrogens (primary N) is 7. The van der Waals surface area contributed by atoms with Gasteiger partial charge in [0.05, 0.1) is 26.2 Å². The molecule has 27 N–H and O–H groups in total. The third kappa shape index (κ3) is 32.3. The Morgan fingerprint density at radius 2 is 0.958 bits per heavy atom. The molecule has 540 valence electrons. The molecule has 0 spiro atoms. The molecule has 1 fully saturated rings. The predicted molar refractivity (Wildman–Crippen MR) is 358 cm³/mol. The Balaban J connectivity index is 2.40. The first-order chi connectivity index (χ1) is 45.7. The average Bonchev–Trinajstić information content (AvgIpc) is 1.86. The molecule has 1 aromatic rings. The fourth-order valence-electron chi connectivity index (χ4n) is 9.97. The van der Waals surface area contributed by atoms with Crippen molar-refractivity contribution >= 4 is 95.4 Å². The molecule has 0 bridgehead atoms. The Bertz CT molecular complexity index is 2730. The quantitative estimate of drug-likeness (QED) is 0.0125. The van der Waals surface area contributed by atoms with Gasteiger partial charge in [0.2, 0.25) is 70.9 Å². The molecule has 96 heavy (non-hydrogen) atoms. The molecule has 1 aliphatic rings. The van der Waals surface area contributed by atoms with Gasteiger partial charge in [0, 0.05) is 25.3 Å². The van der Waals surface area contributed by atoms with E-state index in [1.165, 1.54) is 17.0 Å². The van der Waals surface area contributed by atoms with E-state index in [0.717, 1.165) is 0 Å². The number of carbonyl (C=O) groups excluding carboxylic acids is 12. The van der Waals surface area contributed by atoms with Crippen LogP contribution in [0.1, 0.15) is 122 Å². The highest BCUT2D eigenvalue weighted by Crippen LogP contribution is 2.19. The third-order valence-electron chi connectivity index (χ3n) is 15.3. The van der Waals surface area contributed by atoms with Crippen LogP contribution < -0.4 is 98.6 Å². The number of guanidine groups is 1. The van der Waals surface area contributed by atoms with E-state index in [-0.39, 0.29) is 108 Å². The van der Waals surface area contributed by atoms with E-state index in [0.29, 0.717) is 63.4 Å². The van der Waals surface area contributed by atoms with E-state index in [1.807, 2.05) is 0 Å². The number of carbonyl (C=O) groups is 13. The van der Waals surface area contributed by atoms with Crippen LogP contribution in [0.2, 0.25) is 0 Å². The molecule has 2 rings (SSSR count). The Labute approximate surface area is 564 Å². The molecule has 0 unspecified atom stereocenters. The topological polar surface area (TPSA) is 592 Å². The van der Waals surface area contributed by atoms with E-state index in [2.05, 4.69) is 76.1 Å². The van der Waals surface area contributed by atoms with Crippen LogP contribution in [0.4, 0.5) is 0 Å². The summed E-state index contributed by atoms with van der Waals surface area (Å²) in [6, 6.07) is -5.52. The van der Waals surface area contributed by atoms with E-state index < -0.39 is 163 Å². The summed E-state index contributed by atoms with van der Waals surface area (Å²) in [7, 11) is 0. The van der Waals surface area contributed by atoms with Gasteiger partial charge in [-0.05, 0) is 153 Å². The first-order valence-corrected chi connectivity index (χ1v) is 33.1. The van der Waals surface area contributed by atoms with Crippen molar-refractivity contribution in [1.82, 2.24) is 63.4 Å². The van der Waals surface area contributed by atoms with Crippen LogP contribution in [0, 0.1) is 5.92 Å². The van der Waals surface area contributed by atoms with Gasteiger partial charge in [-0.1, -0.05) is 26.0 Å². The lowest BCUT2D eigenvalue weighted by Gasteiger charge is -2.29. The zero-order valence-electron chi connectivity index (χ0n) is 55.0. The largest absolute Gasteiger partial charge is 0.508 e. The summed E-state index contributed by atoms with van der Waals surface area (Å²) >= 11 is 3.88. The molecule has 1 aliphatic heterocycles. The van der Waals surface area contributed by atoms with Gasteiger partial charge >= 0.3 is 5.97 Å². The third-order valence-corrected chi connectivity index (χ3v) is 15.7. The SMILES string of the molecule is CC(C)[C@H](NC(=O)[C@H](CCCCN)NC(=O)[C@H](CCCN=C(N)N)NC(=O)[C@H](CCCCN)NC(=O)[C@H](CCCCN)NC(=O)[C@H](CCCCN)NC(=O)[C@@H]1CCCN1C(=O)CNC(=O)[C@H](Cc1ccc(O)cc1)NC(=O)CN)C(=O)NCC(=O)NCC(=O)N[C@@H](CS)C(=O)O. The summed E-state index contributed by atoms with van der Waals surface area (Å²) in [6.07, 6.45) is 3.70. The number of aromatic hydroxyl groups is 1. The van der Waals surface area contributed by atoms with Crippen LogP contribution in [-0.4, -0.2) is 224 Å². The summed E-state index contributed by atoms with van der Waals surface area (Å²) in [5.41, 5.74) is 40.5. The molecule has 1 aromatic carbocycles. The Kier molecular flexibility index (Phi) is 40.6. The van der Waals surface area contributed by atoms with Gasteiger partial charge in [-0.3, -0.25) is 62.5 Å². The number of carboxylic acids is 1. The van der Waals surface area contributed by atoms with E-state index in [1.54, 1.807) is 26.0 Å². The summed E-state index contributed by atoms with van der Waals surface area (Å²) in [4.78, 5) is 181. The second kappa shape index (κ2) is 46.6. The van der Waals surface area contributed by atoms with Gasteiger partial charge in [-0.2, -0.15) is 12.6 Å². The van der Waals surface area contributed by atoms with Gasteiger partial charge in [-0.25, -0.2) is 4.79 Å². The summed E-state index contributed by atoms with van der Waals surface area (Å²) in [6.45, 7) is 2.07. The predicted octanol–water partition coefficient (Wildman–Crippen LogP) is -6.65. The van der Waals surface area contributed by atoms with Crippen LogP contribution in [-0.2, 0) is 68.7 Å². The van der Waals surface area contributed by atoms with E-state index in [4.69, 9.17) is 45.2 Å². The number of aliphatic carboxylic acids is 1. The van der Waals surface area contributed by atoms with Crippen molar-refractivity contribution in [3.8, 4) is 5.75 Å². The summed E-state index contributed by atoms with van der Waals surface area (Å²) in [5.74, 6) is -11.6. The number of phenols is 1. The number of likely N-dealkylation sites (tertiary alicyclic amines) is 1. The smallest absolute Gasteiger partial charge is 0.327 e. The highest BCUT2D eigenvalue weighted by Gasteiger charge is 2.38. The second-order valence-corrected chi connectivity index (χ2v) is 23.8. The fraction of sp³-hybridized carbons (Fsp3) is 0.667. The van der Waals surface area contributed by atoms with E-state index in [9.17, 15) is 67.4 Å². The minimum atomic E-state index is -1.41. The number of unbranched alkanes of at least 4 members (excludes halogenated alkanes) is 4. The fourth-order valence-corrected chi connectivity index (χ4v) is 10.2. The number of hydrogen-bond donors (Lipinski definition) is 21. The number of benzene rings is 1. The molecular formula is C60H104N20O15S. The lowest BCUT2D eigenvalue weighted by molar-refractivity contribution is -0.141. The molecule has 12 amide bonds. The minimum Gasteiger partial charge on any atom is -0.508 e. The maximum absolute atomic E-state index is 14.6. The van der Waals surface area contributed by atoms with Gasteiger partial charge in [0.15, 0.2) is 5.96 Å². The van der Waals surface area contributed by atoms with Crippen molar-refractivity contribution in [2.45, 2.75) is 177 Å². The number of nitrogens with one attached hydrogen (secondary N) is 11. The number of rotatable bonds is 48. The molecular weight excluding hydrogens is 1270 g/mol. The standard InChI is InChI=1S/C60H104N20O15S/c1-35(2)50(58(93)70-31-47(83)69-32-48(84)73-44(34-96)59(94)95)79-56(91)41(16-6-10-26-64)76-55(90)42(17-11-27-68-60(66)67)77-53(88)39(14-4-8-24-62)74-52(87)38(13-3-7-23-61)75-54(89)40(15-5-9-25-63)78-57(92)45-18-12-28-80(45)49(85)33-71-51(86)43(72-46(82)30-65)29-36-19-21-37(81)22-20-36/h19-22,35,38-45,50,81,96H,3-18,23-34,61-65H2,1-2H3,(H,69,83)(H,70,93)(H,71,86)(H,72,82)(H,73,84)(H,74,87)(H,75,89)(H,76,90)(H,77,88)(H,78,92)(H,79,91)(H,94,95)(H4,66,67,68)/t38-,39-,40-,41-,42-,43-,44-,45-,50-/m0/s1. The normalized spacial score (nSPS) is 15.1. The number of hydrogen-bond acceptors (Lipinski definition) is 21. The number of phenolic OH excluding ortho intramolecular Hbond substituents is 1. The maximum Gasteiger partial charge on any atom is 0.327 e. The molecule has 35 nitrogen and oxygen atoms in total. The van der Waals surface area contributed by atoms with Crippen molar-refractivity contribution in [2.24, 2.45) is 51.0 Å². The van der Waals surface area contributed by atoms with Crippen LogP contribution in [0.3, 0.4) is 0 Å². The van der Waals surface area contributed by atoms with Crippen LogP contribution in [0.15, 0.2) is 29.3 Å². The second-order valence-electron chi connectivity index (χ2n) is 23.4. The van der Waals surface area contributed by atoms with Crippen molar-refractivity contribution in [3.63, 3.8) is 0 Å². The van der Waals surface area contributed by atoms with Crippen molar-refractivity contribution in [1.29, 1.82) is 0 Å². The number of aliphatic imine (C=N–C) groups is 1. The van der Waals surface area contributed by atoms with Gasteiger partial charge in [-0.15, -0.1) is 0 Å². The summed E-state index contributed by atoms with van der Waals surface area (Å²) in [5, 5.41) is 47.1. The average molecular weight is 1380 g/mol. The Hall–Kier alpha value is -8.45. The van der Waals surface area contributed by atoms with Gasteiger partial charge < -0.3 is 114 Å². The Morgan fingerprint density at radius 3 is 1.40 bits per heavy atom. The number of thiol groups is 1. The van der Waals surface area contributed by atoms with Crippen molar-refractivity contribution < 1.29 is 72.5 Å². The lowest BCUT2D eigenvalue weighted by Crippen LogP contribution is -2.60. The zero-order valence-corrected chi connectivity index (χ0v) is 55.9. The maximum atomic E-state index is 14.6. The lowest BCUT2D eigenvalue weighted by atomic mass is 10.0. The molecule has 1 saturated heterocycles. The van der Waals surface area contributed by atoms with Crippen LogP contribution in [0.5, 0.6) is 5.75 Å². The number of carboxylic acid groups (broad SMARTS) is 1. The first-order valence-electron chi connectivity index (χ1n) is 32.4. The minimum absolute atomic E-state index is 0.00369. The number of nitrogens with zero attached hydrogens (tertiary/aromatic N) is 2. The molecule has 0 radical (unpaired) electrons. The van der Waals surface area contributed by atoms with E-state index >= 15 is 0 Å². The van der Waals surface area contributed by atoms with Crippen molar-refractivity contribution in [2.75, 3.05) is 71.2 Å². The Morgan fingerprint density at radius 1 is 0.521 bits per heavy atom. The van der Waals surface area contributed by atoms with Crippen molar-refractivity contribution in [3.05, 3.63) is 29.8 Å². The van der Waals surface area contributed by atoms with Gasteiger partial charge in [0.1, 0.15) is 60.1 Å². The first kappa shape index (κ1) is 83.6. The zero-order chi connectivity index (χ0) is 71.7. The van der Waals surface area contributed by atoms with Crippen LogP contribution in [0.25, 0.3) is 0 Å². The molecule has 9 atom stereocenters. The monoisotopic (exact) mass is 1380 g/mol. The molecule has 36 heteroatoms. The highest BCUT2D eigenvalue weighted by atomic mass is 32.1. The number of amides is 12. The molecule has 1 heterocycles. The molecule has 0 aromatic heterocycles. The molecule has 0 aliphatic carbocycles. The molecule has 0 saturated carbocycles. The highest BCUT2D eigenvalue weighted by molar-refractivity contribution is 7.80. The van der Waals surface area contributed by atoms with Crippen LogP contribution >= 0.6 is 12.6 Å². The summed E-state index contributed by atoms with van der Waals surface area (Å²) < 4.78 is 0.